The average Bonchev–Trinajstić information content (AvgIpc) is 2.52. The lowest BCUT2D eigenvalue weighted by molar-refractivity contribution is -0.471. The van der Waals surface area contributed by atoms with Crippen LogP contribution in [0.15, 0.2) is 35.2 Å². The van der Waals surface area contributed by atoms with Crippen LogP contribution in [0.4, 0.5) is 48.3 Å². The summed E-state index contributed by atoms with van der Waals surface area (Å²) in [6.07, 6.45) is 0. The van der Waals surface area contributed by atoms with Crippen LogP contribution in [0.5, 0.6) is 0 Å². The van der Waals surface area contributed by atoms with Crippen LogP contribution < -0.4 is 0 Å². The second kappa shape index (κ2) is 4.92. The molecule has 3 nitrogen and oxygen atoms in total. The molecule has 2 N–H and O–H groups in total. The third-order valence-corrected chi connectivity index (χ3v) is 6.71. The zero-order valence-corrected chi connectivity index (χ0v) is 13.1. The maximum absolute atomic E-state index is 14.8. The van der Waals surface area contributed by atoms with E-state index in [0.29, 0.717) is 12.1 Å². The molecule has 0 aromatic heterocycles. The summed E-state index contributed by atoms with van der Waals surface area (Å²) in [4.78, 5) is -2.15. The first kappa shape index (κ1) is 21.8. The first-order valence-electron chi connectivity index (χ1n) is 6.43. The van der Waals surface area contributed by atoms with E-state index in [1.54, 1.807) is 0 Å². The van der Waals surface area contributed by atoms with Crippen LogP contribution in [0.25, 0.3) is 0 Å². The van der Waals surface area contributed by atoms with Crippen molar-refractivity contribution in [3.05, 3.63) is 30.3 Å². The maximum Gasteiger partial charge on any atom is 0.384 e. The fourth-order valence-electron chi connectivity index (χ4n) is 2.48. The highest BCUT2D eigenvalue weighted by Crippen LogP contribution is 2.74. The highest BCUT2D eigenvalue weighted by Gasteiger charge is 3.05. The molecule has 1 aliphatic rings. The smallest absolute Gasteiger partial charge is 0.302 e. The molecule has 1 fully saturated rings. The van der Waals surface area contributed by atoms with Crippen LogP contribution in [0.2, 0.25) is 0 Å². The standard InChI is InChI=1S/C12H7F11O3S/c13-7(14)8(15,16)10(19,20)12(23,11(21,22)9(7,17)18)27(24,25,26)6-4-2-1-3-5-6/h1-5H,(H2,24,25,26). The van der Waals surface area contributed by atoms with Crippen molar-refractivity contribution < 1.29 is 61.6 Å². The van der Waals surface area contributed by atoms with E-state index in [1.807, 2.05) is 0 Å². The van der Waals surface area contributed by atoms with Gasteiger partial charge in [0.15, 0.2) is 9.63 Å². The molecular formula is C12H7F11O3S. The fraction of sp³-hybridized carbons (Fsp3) is 0.500. The van der Waals surface area contributed by atoms with Gasteiger partial charge in [0.1, 0.15) is 0 Å². The van der Waals surface area contributed by atoms with E-state index in [4.69, 9.17) is 0 Å². The van der Waals surface area contributed by atoms with Gasteiger partial charge in [-0.3, -0.25) is 0 Å². The van der Waals surface area contributed by atoms with Crippen LogP contribution in [-0.4, -0.2) is 47.9 Å². The minimum absolute atomic E-state index is 0.00854. The number of benzene rings is 1. The topological polar surface area (TPSA) is 57.5 Å². The Morgan fingerprint density at radius 3 is 1.22 bits per heavy atom. The second-order valence-electron chi connectivity index (χ2n) is 5.64. The van der Waals surface area contributed by atoms with Gasteiger partial charge in [-0.05, 0) is 12.1 Å². The Kier molecular flexibility index (Phi) is 3.97. The van der Waals surface area contributed by atoms with E-state index in [2.05, 4.69) is 0 Å². The zero-order valence-electron chi connectivity index (χ0n) is 12.3. The molecule has 0 spiro atoms. The summed E-state index contributed by atoms with van der Waals surface area (Å²) in [6.45, 7) is 0. The van der Waals surface area contributed by atoms with Gasteiger partial charge in [-0.2, -0.15) is 43.9 Å². The highest BCUT2D eigenvalue weighted by atomic mass is 32.3. The van der Waals surface area contributed by atoms with Crippen LogP contribution in [0.1, 0.15) is 0 Å². The summed E-state index contributed by atoms with van der Waals surface area (Å²) in [5.74, 6) is -38.1. The molecule has 0 aliphatic heterocycles. The normalized spacial score (nSPS) is 28.7. The first-order valence-corrected chi connectivity index (χ1v) is 8.31. The van der Waals surface area contributed by atoms with Crippen molar-refractivity contribution in [1.82, 2.24) is 0 Å². The van der Waals surface area contributed by atoms with Gasteiger partial charge in [0.2, 0.25) is 0 Å². The van der Waals surface area contributed by atoms with Crippen LogP contribution in [0.3, 0.4) is 0 Å². The highest BCUT2D eigenvalue weighted by molar-refractivity contribution is 8.11. The predicted molar refractivity (Wildman–Crippen MR) is 66.7 cm³/mol. The lowest BCUT2D eigenvalue weighted by atomic mass is 9.80. The molecule has 156 valence electrons. The Morgan fingerprint density at radius 2 is 0.889 bits per heavy atom. The maximum atomic E-state index is 14.8. The second-order valence-corrected chi connectivity index (χ2v) is 8.41. The van der Waals surface area contributed by atoms with E-state index in [-0.39, 0.29) is 12.1 Å². The van der Waals surface area contributed by atoms with Crippen molar-refractivity contribution in [3.8, 4) is 0 Å². The Labute approximate surface area is 142 Å². The molecular weight excluding hydrogens is 433 g/mol. The number of hydrogen-bond acceptors (Lipinski definition) is 1. The average molecular weight is 440 g/mol. The van der Waals surface area contributed by atoms with E-state index < -0.39 is 49.1 Å². The van der Waals surface area contributed by atoms with Gasteiger partial charge in [-0.15, -0.1) is 0 Å². The molecule has 0 saturated heterocycles. The first-order chi connectivity index (χ1) is 11.6. The van der Waals surface area contributed by atoms with Crippen molar-refractivity contribution in [2.24, 2.45) is 0 Å². The van der Waals surface area contributed by atoms with Crippen LogP contribution in [0, 0.1) is 0 Å². The van der Waals surface area contributed by atoms with Gasteiger partial charge in [-0.25, -0.2) is 8.60 Å². The van der Waals surface area contributed by atoms with Crippen molar-refractivity contribution in [2.45, 2.75) is 39.5 Å². The fourth-order valence-corrected chi connectivity index (χ4v) is 4.64. The Bertz CT molecular complexity index is 800. The molecule has 1 saturated carbocycles. The summed E-state index contributed by atoms with van der Waals surface area (Å²) in [6, 6.07) is 1.92. The van der Waals surface area contributed by atoms with E-state index in [0.717, 1.165) is 6.07 Å². The molecule has 1 aliphatic carbocycles. The van der Waals surface area contributed by atoms with Gasteiger partial charge in [0.05, 0.1) is 4.90 Å². The van der Waals surface area contributed by atoms with Crippen molar-refractivity contribution in [1.29, 1.82) is 0 Å². The molecule has 0 heterocycles. The van der Waals surface area contributed by atoms with Crippen molar-refractivity contribution in [3.63, 3.8) is 0 Å². The van der Waals surface area contributed by atoms with E-state index >= 15 is 0 Å². The molecule has 0 radical (unpaired) electrons. The molecule has 0 atom stereocenters. The lowest BCUT2D eigenvalue weighted by Gasteiger charge is -2.57. The summed E-state index contributed by atoms with van der Waals surface area (Å²) in [7, 11) is -8.71. The van der Waals surface area contributed by atoms with Crippen molar-refractivity contribution >= 4 is 9.63 Å². The van der Waals surface area contributed by atoms with Gasteiger partial charge < -0.3 is 9.11 Å². The van der Waals surface area contributed by atoms with Gasteiger partial charge >= 0.3 is 34.6 Å². The van der Waals surface area contributed by atoms with Gasteiger partial charge in [-0.1, -0.05) is 18.2 Å². The minimum atomic E-state index is -8.71. The SMILES string of the molecule is O=S(O)(O)(c1ccccc1)C1(F)C(F)(F)C(F)(F)C(F)(F)C(F)(F)C1(F)F. The molecule has 0 bridgehead atoms. The summed E-state index contributed by atoms with van der Waals surface area (Å²) in [5, 5.41) is -7.45. The summed E-state index contributed by atoms with van der Waals surface area (Å²) >= 11 is 0. The molecule has 1 aromatic rings. The molecule has 27 heavy (non-hydrogen) atoms. The Balaban J connectivity index is 3.07. The summed E-state index contributed by atoms with van der Waals surface area (Å²) in [5.41, 5.74) is 0. The third kappa shape index (κ3) is 1.92. The largest absolute Gasteiger partial charge is 0.384 e. The molecule has 0 unspecified atom stereocenters. The predicted octanol–water partition coefficient (Wildman–Crippen LogP) is 4.67. The third-order valence-electron chi connectivity index (χ3n) is 4.06. The lowest BCUT2D eigenvalue weighted by Crippen LogP contribution is -2.88. The van der Waals surface area contributed by atoms with Gasteiger partial charge in [0, 0.05) is 0 Å². The quantitative estimate of drug-likeness (QED) is 0.658. The zero-order chi connectivity index (χ0) is 21.6. The van der Waals surface area contributed by atoms with Crippen molar-refractivity contribution in [2.75, 3.05) is 0 Å². The van der Waals surface area contributed by atoms with E-state index in [1.165, 1.54) is 0 Å². The Hall–Kier alpha value is -1.48. The number of halogens is 11. The van der Waals surface area contributed by atoms with Crippen LogP contribution in [-0.2, 0) is 9.63 Å². The Morgan fingerprint density at radius 1 is 0.593 bits per heavy atom. The number of hydrogen-bond donors (Lipinski definition) is 2. The summed E-state index contributed by atoms with van der Waals surface area (Å²) < 4.78 is 181. The van der Waals surface area contributed by atoms with E-state index in [9.17, 15) is 61.6 Å². The van der Waals surface area contributed by atoms with Gasteiger partial charge in [0.25, 0.3) is 0 Å². The molecule has 1 aromatic carbocycles. The number of alkyl halides is 11. The molecule has 15 heteroatoms. The number of rotatable bonds is 2. The molecule has 2 rings (SSSR count). The van der Waals surface area contributed by atoms with Crippen LogP contribution >= 0.6 is 0 Å². The monoisotopic (exact) mass is 440 g/mol. The minimum Gasteiger partial charge on any atom is -0.302 e. The molecule has 0 amide bonds.